The maximum absolute atomic E-state index is 13.2. The van der Waals surface area contributed by atoms with Gasteiger partial charge in [0, 0.05) is 26.9 Å². The van der Waals surface area contributed by atoms with Crippen LogP contribution in [0.25, 0.3) is 0 Å². The van der Waals surface area contributed by atoms with Gasteiger partial charge >= 0.3 is 6.09 Å². The standard InChI is InChI=1S/C28H35N5O7/c1-33(2)25(36)14-13-21(17-34)30-26(37)22(15-19-9-5-3-6-10-19)31-27(38)23(16-24(29)35)32-28(39)40-18-20-11-7-4-8-12-20/h3-12,17,21-23H,13-16,18H2,1-2H3,(H2,29,35)(H,30,37)(H,31,38)(H,32,39)/t21-,22-,23-/m0/s1. The Balaban J connectivity index is 2.13. The van der Waals surface area contributed by atoms with Gasteiger partial charge in [0.05, 0.1) is 12.5 Å². The largest absolute Gasteiger partial charge is 0.445 e. The molecule has 0 aliphatic heterocycles. The molecule has 12 nitrogen and oxygen atoms in total. The van der Waals surface area contributed by atoms with Crippen molar-refractivity contribution in [2.24, 2.45) is 5.73 Å². The smallest absolute Gasteiger partial charge is 0.408 e. The van der Waals surface area contributed by atoms with Gasteiger partial charge in [0.15, 0.2) is 0 Å². The fourth-order valence-electron chi connectivity index (χ4n) is 3.61. The molecule has 0 saturated carbocycles. The van der Waals surface area contributed by atoms with Crippen molar-refractivity contribution in [1.29, 1.82) is 0 Å². The van der Waals surface area contributed by atoms with E-state index < -0.39 is 48.4 Å². The van der Waals surface area contributed by atoms with Gasteiger partial charge in [0.2, 0.25) is 23.6 Å². The molecular weight excluding hydrogens is 518 g/mol. The summed E-state index contributed by atoms with van der Waals surface area (Å²) in [7, 11) is 3.16. The number of ether oxygens (including phenoxy) is 1. The van der Waals surface area contributed by atoms with E-state index in [9.17, 15) is 28.8 Å². The van der Waals surface area contributed by atoms with Crippen molar-refractivity contribution in [3.63, 3.8) is 0 Å². The van der Waals surface area contributed by atoms with Crippen molar-refractivity contribution in [3.8, 4) is 0 Å². The summed E-state index contributed by atoms with van der Waals surface area (Å²) >= 11 is 0. The summed E-state index contributed by atoms with van der Waals surface area (Å²) in [6.07, 6.45) is -0.847. The Kier molecular flexibility index (Phi) is 12.8. The summed E-state index contributed by atoms with van der Waals surface area (Å²) < 4.78 is 5.14. The number of benzene rings is 2. The van der Waals surface area contributed by atoms with Crippen LogP contribution in [0.2, 0.25) is 0 Å². The highest BCUT2D eigenvalue weighted by Gasteiger charge is 2.29. The number of hydrogen-bond donors (Lipinski definition) is 4. The molecule has 0 aromatic heterocycles. The molecule has 0 fully saturated rings. The van der Waals surface area contributed by atoms with Gasteiger partial charge < -0.3 is 36.1 Å². The van der Waals surface area contributed by atoms with E-state index in [1.165, 1.54) is 4.90 Å². The molecule has 0 radical (unpaired) electrons. The third-order valence-corrected chi connectivity index (χ3v) is 5.80. The van der Waals surface area contributed by atoms with Crippen LogP contribution < -0.4 is 21.7 Å². The van der Waals surface area contributed by atoms with E-state index >= 15 is 0 Å². The molecule has 0 heterocycles. The highest BCUT2D eigenvalue weighted by molar-refractivity contribution is 5.94. The second-order valence-electron chi connectivity index (χ2n) is 9.26. The minimum absolute atomic E-state index is 0.0299. The number of nitrogens with two attached hydrogens (primary N) is 1. The average Bonchev–Trinajstić information content (AvgIpc) is 2.93. The SMILES string of the molecule is CN(C)C(=O)CC[C@@H](C=O)NC(=O)[C@H](Cc1ccccc1)NC(=O)[C@H](CC(N)=O)NC(=O)OCc1ccccc1. The Morgan fingerprint density at radius 1 is 0.850 bits per heavy atom. The van der Waals surface area contributed by atoms with Crippen LogP contribution in [0.4, 0.5) is 4.79 Å². The molecule has 0 aliphatic carbocycles. The van der Waals surface area contributed by atoms with E-state index in [4.69, 9.17) is 10.5 Å². The molecule has 5 amide bonds. The van der Waals surface area contributed by atoms with E-state index in [-0.39, 0.29) is 31.8 Å². The van der Waals surface area contributed by atoms with Gasteiger partial charge in [-0.1, -0.05) is 60.7 Å². The first-order valence-electron chi connectivity index (χ1n) is 12.6. The Morgan fingerprint density at radius 3 is 1.98 bits per heavy atom. The van der Waals surface area contributed by atoms with Crippen molar-refractivity contribution in [3.05, 3.63) is 71.8 Å². The number of aldehydes is 1. The summed E-state index contributed by atoms with van der Waals surface area (Å²) in [6.45, 7) is -0.0694. The van der Waals surface area contributed by atoms with Crippen molar-refractivity contribution < 1.29 is 33.5 Å². The zero-order valence-corrected chi connectivity index (χ0v) is 22.5. The van der Waals surface area contributed by atoms with E-state index in [0.717, 1.165) is 0 Å². The van der Waals surface area contributed by atoms with Gasteiger partial charge in [0.1, 0.15) is 25.0 Å². The minimum atomic E-state index is -1.42. The van der Waals surface area contributed by atoms with Gasteiger partial charge in [-0.15, -0.1) is 0 Å². The second kappa shape index (κ2) is 16.3. The fourth-order valence-corrected chi connectivity index (χ4v) is 3.61. The lowest BCUT2D eigenvalue weighted by atomic mass is 10.0. The predicted octanol–water partition coefficient (Wildman–Crippen LogP) is 0.436. The number of rotatable bonds is 15. The summed E-state index contributed by atoms with van der Waals surface area (Å²) in [4.78, 5) is 75.2. The van der Waals surface area contributed by atoms with Gasteiger partial charge in [-0.3, -0.25) is 19.2 Å². The number of nitrogens with zero attached hydrogens (tertiary/aromatic N) is 1. The lowest BCUT2D eigenvalue weighted by Gasteiger charge is -2.24. The van der Waals surface area contributed by atoms with Crippen LogP contribution in [-0.2, 0) is 41.7 Å². The van der Waals surface area contributed by atoms with Crippen molar-refractivity contribution in [1.82, 2.24) is 20.9 Å². The Bertz CT molecular complexity index is 1160. The fraction of sp³-hybridized carbons (Fsp3) is 0.357. The van der Waals surface area contributed by atoms with Gasteiger partial charge in [-0.05, 0) is 17.5 Å². The third kappa shape index (κ3) is 11.3. The highest BCUT2D eigenvalue weighted by Crippen LogP contribution is 2.07. The Morgan fingerprint density at radius 2 is 1.43 bits per heavy atom. The van der Waals surface area contributed by atoms with Crippen molar-refractivity contribution in [2.75, 3.05) is 14.1 Å². The van der Waals surface area contributed by atoms with Crippen molar-refractivity contribution >= 4 is 36.0 Å². The van der Waals surface area contributed by atoms with Gasteiger partial charge in [-0.25, -0.2) is 4.79 Å². The number of primary amides is 1. The molecule has 2 rings (SSSR count). The van der Waals surface area contributed by atoms with Crippen LogP contribution in [0.3, 0.4) is 0 Å². The van der Waals surface area contributed by atoms with Gasteiger partial charge in [-0.2, -0.15) is 0 Å². The molecule has 0 bridgehead atoms. The van der Waals surface area contributed by atoms with E-state index in [1.54, 1.807) is 74.8 Å². The molecule has 12 heteroatoms. The number of carbonyl (C=O) groups excluding carboxylic acids is 6. The average molecular weight is 554 g/mol. The molecule has 0 unspecified atom stereocenters. The highest BCUT2D eigenvalue weighted by atomic mass is 16.5. The maximum Gasteiger partial charge on any atom is 0.408 e. The molecule has 0 saturated heterocycles. The third-order valence-electron chi connectivity index (χ3n) is 5.80. The number of hydrogen-bond acceptors (Lipinski definition) is 7. The van der Waals surface area contributed by atoms with Crippen LogP contribution in [0.15, 0.2) is 60.7 Å². The number of carbonyl (C=O) groups is 6. The summed E-state index contributed by atoms with van der Waals surface area (Å²) in [5.74, 6) is -2.61. The van der Waals surface area contributed by atoms with Gasteiger partial charge in [0.25, 0.3) is 0 Å². The zero-order valence-electron chi connectivity index (χ0n) is 22.5. The summed E-state index contributed by atoms with van der Waals surface area (Å²) in [5.41, 5.74) is 6.71. The zero-order chi connectivity index (χ0) is 29.5. The van der Waals surface area contributed by atoms with Crippen LogP contribution in [0, 0.1) is 0 Å². The van der Waals surface area contributed by atoms with E-state index in [0.29, 0.717) is 17.4 Å². The number of alkyl carbamates (subject to hydrolysis) is 1. The molecule has 5 N–H and O–H groups in total. The second-order valence-corrected chi connectivity index (χ2v) is 9.26. The number of nitrogens with one attached hydrogen (secondary N) is 3. The molecule has 2 aromatic carbocycles. The topological polar surface area (TPSA) is 177 Å². The van der Waals surface area contributed by atoms with Crippen LogP contribution in [-0.4, -0.2) is 73.1 Å². The predicted molar refractivity (Wildman–Crippen MR) is 145 cm³/mol. The first kappa shape index (κ1) is 31.5. The molecule has 214 valence electrons. The first-order chi connectivity index (χ1) is 19.1. The van der Waals surface area contributed by atoms with Crippen molar-refractivity contribution in [2.45, 2.75) is 50.4 Å². The van der Waals surface area contributed by atoms with Crippen LogP contribution in [0.1, 0.15) is 30.4 Å². The molecule has 3 atom stereocenters. The molecule has 0 spiro atoms. The van der Waals surface area contributed by atoms with E-state index in [2.05, 4.69) is 16.0 Å². The van der Waals surface area contributed by atoms with Crippen LogP contribution >= 0.6 is 0 Å². The molecular formula is C28H35N5O7. The molecule has 0 aliphatic rings. The lowest BCUT2D eigenvalue weighted by Crippen LogP contribution is -2.56. The Labute approximate surface area is 232 Å². The lowest BCUT2D eigenvalue weighted by molar-refractivity contribution is -0.132. The summed E-state index contributed by atoms with van der Waals surface area (Å²) in [6, 6.07) is 14.1. The minimum Gasteiger partial charge on any atom is -0.445 e. The first-order valence-corrected chi connectivity index (χ1v) is 12.6. The summed E-state index contributed by atoms with van der Waals surface area (Å²) in [5, 5.41) is 7.41. The molecule has 2 aromatic rings. The van der Waals surface area contributed by atoms with E-state index in [1.807, 2.05) is 0 Å². The molecule has 40 heavy (non-hydrogen) atoms. The monoisotopic (exact) mass is 553 g/mol. The maximum atomic E-state index is 13.2. The number of amides is 5. The Hall–Kier alpha value is -4.74. The normalized spacial score (nSPS) is 12.7. The quantitative estimate of drug-likeness (QED) is 0.231. The van der Waals surface area contributed by atoms with Crippen LogP contribution in [0.5, 0.6) is 0 Å².